The largest absolute Gasteiger partial charge is 0.352 e. The Balaban J connectivity index is 2.14. The van der Waals surface area contributed by atoms with Gasteiger partial charge >= 0.3 is 0 Å². The number of anilines is 1. The van der Waals surface area contributed by atoms with Crippen LogP contribution < -0.4 is 10.6 Å². The van der Waals surface area contributed by atoms with Gasteiger partial charge in [-0.05, 0) is 31.0 Å². The third-order valence-electron chi connectivity index (χ3n) is 4.17. The molecule has 132 valence electrons. The van der Waals surface area contributed by atoms with Crippen LogP contribution in [0.2, 0.25) is 0 Å². The zero-order valence-corrected chi connectivity index (χ0v) is 14.0. The Bertz CT molecular complexity index is 721. The Morgan fingerprint density at radius 3 is 2.52 bits per heavy atom. The maximum absolute atomic E-state index is 13.7. The number of rotatable bonds is 5. The van der Waals surface area contributed by atoms with E-state index in [9.17, 15) is 24.0 Å². The molecular weight excluding hydrogens is 325 g/mol. The smallest absolute Gasteiger partial charge is 0.245 e. The standard InChI is InChI=1S/C18H20FN3O3/c1-11(23)21-16-9-12(7-8-15(16)19)17(24)14(10-20)18(25)22-13-5-3-2-4-6-13/h7-9,13-14H,2-6H2,1H3,(H,21,23)(H,22,25). The molecule has 0 saturated heterocycles. The molecule has 2 amide bonds. The van der Waals surface area contributed by atoms with Gasteiger partial charge in [0.1, 0.15) is 5.82 Å². The number of hydrogen-bond donors (Lipinski definition) is 2. The summed E-state index contributed by atoms with van der Waals surface area (Å²) in [6.45, 7) is 1.21. The fourth-order valence-corrected chi connectivity index (χ4v) is 2.90. The van der Waals surface area contributed by atoms with Crippen LogP contribution in [0.3, 0.4) is 0 Å². The average Bonchev–Trinajstić information content (AvgIpc) is 2.58. The monoisotopic (exact) mass is 345 g/mol. The lowest BCUT2D eigenvalue weighted by Gasteiger charge is -2.23. The second-order valence-corrected chi connectivity index (χ2v) is 6.15. The molecule has 0 aliphatic heterocycles. The quantitative estimate of drug-likeness (QED) is 0.633. The summed E-state index contributed by atoms with van der Waals surface area (Å²) in [6, 6.07) is 5.05. The molecule has 0 bridgehead atoms. The lowest BCUT2D eigenvalue weighted by atomic mass is 9.93. The number of nitrogens with one attached hydrogen (secondary N) is 2. The molecule has 1 aliphatic carbocycles. The first-order valence-electron chi connectivity index (χ1n) is 8.23. The first-order valence-corrected chi connectivity index (χ1v) is 8.23. The van der Waals surface area contributed by atoms with E-state index in [1.165, 1.54) is 13.0 Å². The first kappa shape index (κ1) is 18.6. The summed E-state index contributed by atoms with van der Waals surface area (Å²) in [6.07, 6.45) is 4.80. The van der Waals surface area contributed by atoms with Gasteiger partial charge in [-0.25, -0.2) is 4.39 Å². The van der Waals surface area contributed by atoms with Crippen LogP contribution in [0.5, 0.6) is 0 Å². The van der Waals surface area contributed by atoms with Crippen LogP contribution >= 0.6 is 0 Å². The SMILES string of the molecule is CC(=O)Nc1cc(C(=O)C(C#N)C(=O)NC2CCCCC2)ccc1F. The normalized spacial score (nSPS) is 15.7. The van der Waals surface area contributed by atoms with Gasteiger partial charge in [-0.2, -0.15) is 5.26 Å². The van der Waals surface area contributed by atoms with Crippen LogP contribution in [0.4, 0.5) is 10.1 Å². The molecule has 25 heavy (non-hydrogen) atoms. The summed E-state index contributed by atoms with van der Waals surface area (Å²) in [7, 11) is 0. The van der Waals surface area contributed by atoms with Crippen LogP contribution in [0.15, 0.2) is 18.2 Å². The number of halogens is 1. The Morgan fingerprint density at radius 1 is 1.24 bits per heavy atom. The van der Waals surface area contributed by atoms with Crippen molar-refractivity contribution in [2.24, 2.45) is 5.92 Å². The molecule has 0 heterocycles. The van der Waals surface area contributed by atoms with E-state index in [-0.39, 0.29) is 17.3 Å². The summed E-state index contributed by atoms with van der Waals surface area (Å²) >= 11 is 0. The summed E-state index contributed by atoms with van der Waals surface area (Å²) in [5.41, 5.74) is -0.168. The van der Waals surface area contributed by atoms with Crippen molar-refractivity contribution in [1.29, 1.82) is 5.26 Å². The summed E-state index contributed by atoms with van der Waals surface area (Å²) in [4.78, 5) is 35.9. The van der Waals surface area contributed by atoms with Crippen molar-refractivity contribution in [3.63, 3.8) is 0 Å². The number of carbonyl (C=O) groups is 3. The van der Waals surface area contributed by atoms with Crippen LogP contribution in [0.25, 0.3) is 0 Å². The number of amides is 2. The molecule has 1 unspecified atom stereocenters. The Morgan fingerprint density at radius 2 is 1.92 bits per heavy atom. The molecule has 2 rings (SSSR count). The van der Waals surface area contributed by atoms with Crippen LogP contribution in [0, 0.1) is 23.1 Å². The van der Waals surface area contributed by atoms with E-state index < -0.39 is 29.3 Å². The Kier molecular flexibility index (Phi) is 6.23. The fourth-order valence-electron chi connectivity index (χ4n) is 2.90. The predicted molar refractivity (Wildman–Crippen MR) is 89.2 cm³/mol. The molecule has 1 fully saturated rings. The van der Waals surface area contributed by atoms with Crippen molar-refractivity contribution in [2.75, 3.05) is 5.32 Å². The van der Waals surface area contributed by atoms with E-state index in [2.05, 4.69) is 10.6 Å². The van der Waals surface area contributed by atoms with Crippen molar-refractivity contribution in [1.82, 2.24) is 5.32 Å². The van der Waals surface area contributed by atoms with Crippen LogP contribution in [0.1, 0.15) is 49.4 Å². The lowest BCUT2D eigenvalue weighted by Crippen LogP contribution is -2.42. The van der Waals surface area contributed by atoms with Gasteiger partial charge in [0.25, 0.3) is 0 Å². The van der Waals surface area contributed by atoms with E-state index in [4.69, 9.17) is 0 Å². The second kappa shape index (κ2) is 8.38. The molecule has 1 aromatic carbocycles. The van der Waals surface area contributed by atoms with E-state index in [0.717, 1.165) is 44.2 Å². The molecule has 1 saturated carbocycles. The number of carbonyl (C=O) groups excluding carboxylic acids is 3. The minimum atomic E-state index is -1.50. The number of ketones is 1. The Labute approximate surface area is 145 Å². The molecular formula is C18H20FN3O3. The highest BCUT2D eigenvalue weighted by Crippen LogP contribution is 2.20. The predicted octanol–water partition coefficient (Wildman–Crippen LogP) is 2.56. The van der Waals surface area contributed by atoms with Gasteiger partial charge < -0.3 is 10.6 Å². The third kappa shape index (κ3) is 4.86. The van der Waals surface area contributed by atoms with Crippen molar-refractivity contribution in [2.45, 2.75) is 45.1 Å². The number of nitriles is 1. The van der Waals surface area contributed by atoms with Gasteiger partial charge in [0, 0.05) is 18.5 Å². The summed E-state index contributed by atoms with van der Waals surface area (Å²) in [5.74, 6) is -4.05. The van der Waals surface area contributed by atoms with Gasteiger partial charge in [0.2, 0.25) is 11.8 Å². The minimum Gasteiger partial charge on any atom is -0.352 e. The minimum absolute atomic E-state index is 0.00417. The highest BCUT2D eigenvalue weighted by atomic mass is 19.1. The van der Waals surface area contributed by atoms with Crippen molar-refractivity contribution >= 4 is 23.3 Å². The molecule has 1 aromatic rings. The molecule has 0 spiro atoms. The molecule has 0 aromatic heterocycles. The van der Waals surface area contributed by atoms with Gasteiger partial charge in [-0.1, -0.05) is 19.3 Å². The summed E-state index contributed by atoms with van der Waals surface area (Å²) in [5, 5.41) is 14.3. The average molecular weight is 345 g/mol. The zero-order valence-electron chi connectivity index (χ0n) is 14.0. The highest BCUT2D eigenvalue weighted by Gasteiger charge is 2.30. The first-order chi connectivity index (χ1) is 11.9. The topological polar surface area (TPSA) is 99.1 Å². The fraction of sp³-hybridized carbons (Fsp3) is 0.444. The molecule has 0 radical (unpaired) electrons. The maximum Gasteiger partial charge on any atom is 0.245 e. The molecule has 1 aliphatic rings. The van der Waals surface area contributed by atoms with Crippen molar-refractivity contribution < 1.29 is 18.8 Å². The molecule has 7 heteroatoms. The maximum atomic E-state index is 13.7. The number of nitrogens with zero attached hydrogens (tertiary/aromatic N) is 1. The van der Waals surface area contributed by atoms with Crippen LogP contribution in [-0.2, 0) is 9.59 Å². The van der Waals surface area contributed by atoms with E-state index >= 15 is 0 Å². The number of Topliss-reactive ketones (excluding diaryl/α,β-unsaturated/α-hetero) is 1. The molecule has 6 nitrogen and oxygen atoms in total. The van der Waals surface area contributed by atoms with Crippen molar-refractivity contribution in [3.8, 4) is 6.07 Å². The number of hydrogen-bond acceptors (Lipinski definition) is 4. The van der Waals surface area contributed by atoms with Gasteiger partial charge in [-0.3, -0.25) is 14.4 Å². The van der Waals surface area contributed by atoms with E-state index in [1.54, 1.807) is 6.07 Å². The van der Waals surface area contributed by atoms with Crippen LogP contribution in [-0.4, -0.2) is 23.6 Å². The lowest BCUT2D eigenvalue weighted by molar-refractivity contribution is -0.123. The van der Waals surface area contributed by atoms with Crippen molar-refractivity contribution in [3.05, 3.63) is 29.6 Å². The Hall–Kier alpha value is -2.75. The number of benzene rings is 1. The highest BCUT2D eigenvalue weighted by molar-refractivity contribution is 6.12. The molecule has 1 atom stereocenters. The van der Waals surface area contributed by atoms with Gasteiger partial charge in [0.05, 0.1) is 11.8 Å². The zero-order chi connectivity index (χ0) is 18.4. The summed E-state index contributed by atoms with van der Waals surface area (Å²) < 4.78 is 13.7. The van der Waals surface area contributed by atoms with Gasteiger partial charge in [-0.15, -0.1) is 0 Å². The van der Waals surface area contributed by atoms with E-state index in [0.29, 0.717) is 0 Å². The molecule has 2 N–H and O–H groups in total. The van der Waals surface area contributed by atoms with Gasteiger partial charge in [0.15, 0.2) is 11.7 Å². The second-order valence-electron chi connectivity index (χ2n) is 6.15. The van der Waals surface area contributed by atoms with E-state index in [1.807, 2.05) is 0 Å². The third-order valence-corrected chi connectivity index (χ3v) is 4.17.